The first-order valence-electron chi connectivity index (χ1n) is 15.4. The summed E-state index contributed by atoms with van der Waals surface area (Å²) in [5, 5.41) is 17.1. The van der Waals surface area contributed by atoms with E-state index in [0.29, 0.717) is 10.6 Å². The van der Waals surface area contributed by atoms with Crippen molar-refractivity contribution in [3.05, 3.63) is 124 Å². The molecule has 3 aromatic carbocycles. The second kappa shape index (κ2) is 15.3. The Morgan fingerprint density at radius 3 is 2.04 bits per heavy atom. The second-order valence-electron chi connectivity index (χ2n) is 12.2. The highest BCUT2D eigenvalue weighted by Gasteiger charge is 2.33. The molecule has 0 aliphatic rings. The van der Waals surface area contributed by atoms with E-state index in [2.05, 4.69) is 31.2 Å². The number of aliphatic carboxylic acids is 1. The molecule has 0 spiro atoms. The van der Waals surface area contributed by atoms with Crippen LogP contribution in [0.2, 0.25) is 0 Å². The molecule has 11 heteroatoms. The van der Waals surface area contributed by atoms with Gasteiger partial charge in [-0.25, -0.2) is 4.68 Å². The minimum Gasteiger partial charge on any atom is -0.481 e. The Labute approximate surface area is 274 Å². The van der Waals surface area contributed by atoms with Gasteiger partial charge >= 0.3 is 5.97 Å². The molecule has 2 atom stereocenters. The maximum atomic E-state index is 14.2. The predicted molar refractivity (Wildman–Crippen MR) is 181 cm³/mol. The van der Waals surface area contributed by atoms with Gasteiger partial charge in [0.05, 0.1) is 18.9 Å². The summed E-state index contributed by atoms with van der Waals surface area (Å²) in [6.45, 7) is 7.44. The molecular weight excluding hydrogens is 617 g/mol. The highest BCUT2D eigenvalue weighted by Crippen LogP contribution is 2.44. The minimum atomic E-state index is -3.75. The summed E-state index contributed by atoms with van der Waals surface area (Å²) in [6, 6.07) is 24.6. The molecule has 4 aromatic rings. The van der Waals surface area contributed by atoms with Crippen molar-refractivity contribution in [1.29, 1.82) is 0 Å². The zero-order chi connectivity index (χ0) is 34.2. The molecular formula is C36H40N3O7P. The van der Waals surface area contributed by atoms with Crippen molar-refractivity contribution >= 4 is 35.6 Å². The third-order valence-corrected chi connectivity index (χ3v) is 10.3. The van der Waals surface area contributed by atoms with E-state index in [9.17, 15) is 28.8 Å². The van der Waals surface area contributed by atoms with Crippen molar-refractivity contribution in [1.82, 2.24) is 15.1 Å². The number of carboxylic acid groups (broad SMARTS) is 1. The summed E-state index contributed by atoms with van der Waals surface area (Å²) < 4.78 is 21.3. The van der Waals surface area contributed by atoms with Crippen molar-refractivity contribution in [3.8, 4) is 0 Å². The normalized spacial score (nSPS) is 13.0. The van der Waals surface area contributed by atoms with Crippen molar-refractivity contribution < 1.29 is 28.6 Å². The number of rotatable bonds is 14. The van der Waals surface area contributed by atoms with Crippen LogP contribution in [-0.4, -0.2) is 45.2 Å². The van der Waals surface area contributed by atoms with E-state index in [0.717, 1.165) is 11.1 Å². The van der Waals surface area contributed by atoms with Gasteiger partial charge in [-0.15, -0.1) is 0 Å². The number of hydrogen-bond acceptors (Lipinski definition) is 7. The maximum Gasteiger partial charge on any atom is 0.305 e. The van der Waals surface area contributed by atoms with Gasteiger partial charge in [-0.1, -0.05) is 88.4 Å². The number of hydrogen-bond donors (Lipinski definition) is 2. The number of carbonyl (C=O) groups excluding carboxylic acids is 2. The second-order valence-corrected chi connectivity index (χ2v) is 14.6. The van der Waals surface area contributed by atoms with Crippen molar-refractivity contribution in [2.75, 3.05) is 6.61 Å². The smallest absolute Gasteiger partial charge is 0.305 e. The summed E-state index contributed by atoms with van der Waals surface area (Å²) in [4.78, 5) is 52.4. The largest absolute Gasteiger partial charge is 0.481 e. The molecule has 4 rings (SSSR count). The number of carboxylic acids is 1. The monoisotopic (exact) mass is 657 g/mol. The first-order chi connectivity index (χ1) is 22.3. The van der Waals surface area contributed by atoms with E-state index in [1.54, 1.807) is 67.6 Å². The lowest BCUT2D eigenvalue weighted by Crippen LogP contribution is -2.46. The number of benzene rings is 3. The number of amides is 1. The van der Waals surface area contributed by atoms with Crippen LogP contribution in [0.15, 0.2) is 102 Å². The van der Waals surface area contributed by atoms with Crippen LogP contribution in [0.25, 0.3) is 0 Å². The molecule has 246 valence electrons. The van der Waals surface area contributed by atoms with Crippen LogP contribution in [0.3, 0.4) is 0 Å². The summed E-state index contributed by atoms with van der Waals surface area (Å²) in [7, 11) is -3.75. The topological polar surface area (TPSA) is 145 Å². The molecule has 1 heterocycles. The van der Waals surface area contributed by atoms with Crippen LogP contribution in [0, 0.1) is 0 Å². The number of Topliss-reactive ketones (excluding diaryl/α,β-unsaturated/α-hetero) is 1. The zero-order valence-electron chi connectivity index (χ0n) is 27.0. The van der Waals surface area contributed by atoms with E-state index < -0.39 is 55.6 Å². The van der Waals surface area contributed by atoms with E-state index in [1.807, 2.05) is 24.3 Å². The van der Waals surface area contributed by atoms with Gasteiger partial charge in [-0.3, -0.25) is 23.7 Å². The lowest BCUT2D eigenvalue weighted by molar-refractivity contribution is -0.140. The van der Waals surface area contributed by atoms with Crippen molar-refractivity contribution in [2.24, 2.45) is 0 Å². The molecule has 0 bridgehead atoms. The van der Waals surface area contributed by atoms with Gasteiger partial charge in [0, 0.05) is 22.4 Å². The molecule has 1 amide bonds. The van der Waals surface area contributed by atoms with Crippen LogP contribution >= 0.6 is 7.37 Å². The Balaban J connectivity index is 1.56. The van der Waals surface area contributed by atoms with Crippen LogP contribution in [0.5, 0.6) is 0 Å². The molecule has 1 aromatic heterocycles. The quantitative estimate of drug-likeness (QED) is 0.188. The molecule has 0 aliphatic heterocycles. The van der Waals surface area contributed by atoms with E-state index >= 15 is 0 Å². The van der Waals surface area contributed by atoms with Gasteiger partial charge in [0.15, 0.2) is 5.78 Å². The number of nitrogens with zero attached hydrogens (tertiary/aromatic N) is 2. The first kappa shape index (κ1) is 35.2. The van der Waals surface area contributed by atoms with E-state index in [4.69, 9.17) is 4.52 Å². The summed E-state index contributed by atoms with van der Waals surface area (Å²) >= 11 is 0. The lowest BCUT2D eigenvalue weighted by atomic mass is 9.84. The fourth-order valence-corrected chi connectivity index (χ4v) is 7.47. The Morgan fingerprint density at radius 2 is 1.49 bits per heavy atom. The average molecular weight is 658 g/mol. The fraction of sp³-hybridized carbons (Fsp3) is 0.306. The molecule has 10 nitrogen and oxygen atoms in total. The van der Waals surface area contributed by atoms with Gasteiger partial charge in [-0.2, -0.15) is 5.10 Å². The third-order valence-electron chi connectivity index (χ3n) is 7.85. The maximum absolute atomic E-state index is 14.2. The Bertz CT molecular complexity index is 1770. The molecule has 47 heavy (non-hydrogen) atoms. The van der Waals surface area contributed by atoms with Gasteiger partial charge in [0.1, 0.15) is 12.6 Å². The highest BCUT2D eigenvalue weighted by atomic mass is 31.2. The standard InChI is InChI=1S/C36H40N3O7P/c1-5-28(29-20-21-37-39(35(29)44)23-25-14-12-13-19-30(25)36(2,3)4)34(43)38-31(22-33(41)42)32(40)24-46-47(45,26-15-8-6-9-16-26)27-17-10-7-11-18-27/h6-21,28,31H,5,22-24H2,1-4H3,(H,38,43)(H,41,42)/t28?,31-/m0/s1. The van der Waals surface area contributed by atoms with Crippen LogP contribution in [0.1, 0.15) is 63.1 Å². The average Bonchev–Trinajstić information content (AvgIpc) is 3.05. The molecule has 0 saturated heterocycles. The fourth-order valence-electron chi connectivity index (χ4n) is 5.44. The van der Waals surface area contributed by atoms with Crippen LogP contribution < -0.4 is 21.5 Å². The zero-order valence-corrected chi connectivity index (χ0v) is 27.9. The minimum absolute atomic E-state index is 0.170. The Kier molecular flexibility index (Phi) is 11.4. The van der Waals surface area contributed by atoms with Crippen molar-refractivity contribution in [3.63, 3.8) is 0 Å². The summed E-state index contributed by atoms with van der Waals surface area (Å²) in [5.74, 6) is -3.77. The van der Waals surface area contributed by atoms with Crippen molar-refractivity contribution in [2.45, 2.75) is 64.5 Å². The molecule has 0 fully saturated rings. The first-order valence-corrected chi connectivity index (χ1v) is 17.0. The number of aromatic nitrogens is 2. The van der Waals surface area contributed by atoms with Gasteiger partial charge in [-0.05, 0) is 53.3 Å². The molecule has 2 N–H and O–H groups in total. The third kappa shape index (κ3) is 8.58. The Hall–Kier alpha value is -4.66. The highest BCUT2D eigenvalue weighted by molar-refractivity contribution is 7.74. The van der Waals surface area contributed by atoms with Gasteiger partial charge in [0.2, 0.25) is 5.91 Å². The lowest BCUT2D eigenvalue weighted by Gasteiger charge is -2.24. The summed E-state index contributed by atoms with van der Waals surface area (Å²) in [6.07, 6.45) is 0.922. The van der Waals surface area contributed by atoms with Crippen LogP contribution in [-0.2, 0) is 35.4 Å². The predicted octanol–water partition coefficient (Wildman–Crippen LogP) is 4.56. The molecule has 0 aliphatic carbocycles. The van der Waals surface area contributed by atoms with Gasteiger partial charge < -0.3 is 14.9 Å². The number of ketones is 1. The van der Waals surface area contributed by atoms with E-state index in [1.165, 1.54) is 16.9 Å². The van der Waals surface area contributed by atoms with Gasteiger partial charge in [0.25, 0.3) is 12.9 Å². The van der Waals surface area contributed by atoms with E-state index in [-0.39, 0.29) is 23.9 Å². The summed E-state index contributed by atoms with van der Waals surface area (Å²) in [5.41, 5.74) is 1.51. The molecule has 0 radical (unpaired) electrons. The number of carbonyl (C=O) groups is 3. The van der Waals surface area contributed by atoms with Crippen LogP contribution in [0.4, 0.5) is 0 Å². The SMILES string of the molecule is CCC(C(=O)N[C@@H](CC(=O)O)C(=O)COP(=O)(c1ccccc1)c1ccccc1)c1ccnn(Cc2ccccc2C(C)(C)C)c1=O. The molecule has 1 unspecified atom stereocenters. The number of nitrogens with one attached hydrogen (secondary N) is 1. The molecule has 0 saturated carbocycles. The Morgan fingerprint density at radius 1 is 0.915 bits per heavy atom.